The van der Waals surface area contributed by atoms with E-state index in [4.69, 9.17) is 24.2 Å². The van der Waals surface area contributed by atoms with Crippen LogP contribution in [0.1, 0.15) is 24.0 Å². The summed E-state index contributed by atoms with van der Waals surface area (Å²) in [4.78, 5) is 12.0. The molecule has 154 valence electrons. The van der Waals surface area contributed by atoms with Crippen LogP contribution in [0.15, 0.2) is 36.4 Å². The first-order valence-electron chi connectivity index (χ1n) is 9.29. The lowest BCUT2D eigenvalue weighted by molar-refractivity contribution is -0.121. The molecule has 0 spiro atoms. The van der Waals surface area contributed by atoms with Crippen molar-refractivity contribution < 1.29 is 23.7 Å². The molecule has 0 radical (unpaired) electrons. The number of nitrogens with one attached hydrogen (secondary N) is 1. The van der Waals surface area contributed by atoms with Gasteiger partial charge in [-0.2, -0.15) is 5.26 Å². The molecule has 0 heterocycles. The van der Waals surface area contributed by atoms with Gasteiger partial charge < -0.3 is 24.3 Å². The second-order valence-electron chi connectivity index (χ2n) is 6.22. The number of hydrogen-bond acceptors (Lipinski definition) is 6. The van der Waals surface area contributed by atoms with Crippen LogP contribution in [0, 0.1) is 11.3 Å². The molecule has 0 atom stereocenters. The molecule has 1 amide bonds. The van der Waals surface area contributed by atoms with E-state index in [1.807, 2.05) is 18.2 Å². The summed E-state index contributed by atoms with van der Waals surface area (Å²) in [6, 6.07) is 12.7. The van der Waals surface area contributed by atoms with Crippen LogP contribution in [0.2, 0.25) is 0 Å². The summed E-state index contributed by atoms with van der Waals surface area (Å²) in [6.07, 6.45) is 1.64. The Labute approximate surface area is 171 Å². The molecule has 0 saturated carbocycles. The quantitative estimate of drug-likeness (QED) is 0.585. The van der Waals surface area contributed by atoms with E-state index < -0.39 is 0 Å². The van der Waals surface area contributed by atoms with Crippen LogP contribution in [0.5, 0.6) is 23.0 Å². The molecule has 7 heteroatoms. The predicted molar refractivity (Wildman–Crippen MR) is 109 cm³/mol. The van der Waals surface area contributed by atoms with E-state index in [1.54, 1.807) is 32.4 Å². The Kier molecular flexibility index (Phi) is 8.64. The third-order valence-electron chi connectivity index (χ3n) is 4.28. The molecule has 2 aromatic carbocycles. The summed E-state index contributed by atoms with van der Waals surface area (Å²) in [6.45, 7) is 0.921. The van der Waals surface area contributed by atoms with Gasteiger partial charge in [0.05, 0.1) is 39.6 Å². The molecule has 7 nitrogen and oxygen atoms in total. The third-order valence-corrected chi connectivity index (χ3v) is 4.28. The van der Waals surface area contributed by atoms with Gasteiger partial charge in [0.15, 0.2) is 23.0 Å². The number of amides is 1. The van der Waals surface area contributed by atoms with Gasteiger partial charge in [-0.15, -0.1) is 0 Å². The summed E-state index contributed by atoms with van der Waals surface area (Å²) in [5.74, 6) is 2.38. The Bertz CT molecular complexity index is 861. The van der Waals surface area contributed by atoms with Crippen LogP contribution < -0.4 is 24.3 Å². The predicted octanol–water partition coefficient (Wildman–Crippen LogP) is 3.10. The number of methoxy groups -OCH3 is 3. The van der Waals surface area contributed by atoms with Gasteiger partial charge in [-0.1, -0.05) is 6.07 Å². The van der Waals surface area contributed by atoms with E-state index in [1.165, 1.54) is 7.11 Å². The number of rotatable bonds is 11. The highest BCUT2D eigenvalue weighted by atomic mass is 16.5. The Morgan fingerprint density at radius 1 is 0.966 bits per heavy atom. The third kappa shape index (κ3) is 6.61. The highest BCUT2D eigenvalue weighted by Crippen LogP contribution is 2.28. The lowest BCUT2D eigenvalue weighted by Gasteiger charge is -2.11. The van der Waals surface area contributed by atoms with Gasteiger partial charge in [-0.05, 0) is 42.7 Å². The molecule has 2 aromatic rings. The largest absolute Gasteiger partial charge is 0.493 e. The monoisotopic (exact) mass is 398 g/mol. The maximum absolute atomic E-state index is 12.0. The average molecular weight is 398 g/mol. The zero-order valence-electron chi connectivity index (χ0n) is 17.0. The molecule has 0 aromatic heterocycles. The normalized spacial score (nSPS) is 10.0. The number of benzene rings is 2. The molecule has 0 bridgehead atoms. The van der Waals surface area contributed by atoms with E-state index in [2.05, 4.69) is 11.4 Å². The molecule has 0 fully saturated rings. The van der Waals surface area contributed by atoms with Crippen molar-refractivity contribution in [2.45, 2.75) is 19.3 Å². The highest BCUT2D eigenvalue weighted by Gasteiger charge is 2.08. The summed E-state index contributed by atoms with van der Waals surface area (Å²) in [5.41, 5.74) is 1.56. The van der Waals surface area contributed by atoms with Crippen molar-refractivity contribution in [2.75, 3.05) is 34.5 Å². The smallest absolute Gasteiger partial charge is 0.220 e. The molecule has 0 aliphatic rings. The first-order chi connectivity index (χ1) is 14.1. The number of nitriles is 1. The van der Waals surface area contributed by atoms with Crippen molar-refractivity contribution in [3.8, 4) is 29.1 Å². The number of ether oxygens (including phenoxy) is 4. The van der Waals surface area contributed by atoms with E-state index in [-0.39, 0.29) is 5.91 Å². The minimum Gasteiger partial charge on any atom is -0.493 e. The summed E-state index contributed by atoms with van der Waals surface area (Å²) in [7, 11) is 4.72. The summed E-state index contributed by atoms with van der Waals surface area (Å²) < 4.78 is 21.4. The molecule has 0 unspecified atom stereocenters. The molecule has 1 N–H and O–H groups in total. The van der Waals surface area contributed by atoms with Crippen molar-refractivity contribution in [1.82, 2.24) is 5.32 Å². The Balaban J connectivity index is 1.70. The maximum Gasteiger partial charge on any atom is 0.220 e. The number of carbonyl (C=O) groups excluding carboxylic acids is 1. The van der Waals surface area contributed by atoms with Gasteiger partial charge in [0.2, 0.25) is 5.91 Å². The van der Waals surface area contributed by atoms with Crippen LogP contribution >= 0.6 is 0 Å². The van der Waals surface area contributed by atoms with Crippen molar-refractivity contribution >= 4 is 5.91 Å². The Morgan fingerprint density at radius 3 is 2.34 bits per heavy atom. The minimum atomic E-state index is -0.0270. The standard InChI is InChI=1S/C22H26N2O5/c1-26-18-8-6-16(13-20(18)27-2)10-11-24-22(25)5-4-12-29-19-9-7-17(15-23)14-21(19)28-3/h6-9,13-14H,4-5,10-12H2,1-3H3,(H,24,25). The van der Waals surface area contributed by atoms with Crippen LogP contribution in [0.4, 0.5) is 0 Å². The Morgan fingerprint density at radius 2 is 1.66 bits per heavy atom. The SMILES string of the molecule is COc1ccc(CCNC(=O)CCCOc2ccc(C#N)cc2OC)cc1OC. The van der Waals surface area contributed by atoms with Crippen LogP contribution in [0.3, 0.4) is 0 Å². The van der Waals surface area contributed by atoms with Gasteiger partial charge in [-0.25, -0.2) is 0 Å². The Hall–Kier alpha value is -3.40. The van der Waals surface area contributed by atoms with Gasteiger partial charge in [0, 0.05) is 19.0 Å². The van der Waals surface area contributed by atoms with Crippen molar-refractivity contribution in [3.05, 3.63) is 47.5 Å². The lowest BCUT2D eigenvalue weighted by atomic mass is 10.1. The molecule has 0 aliphatic carbocycles. The molecule has 29 heavy (non-hydrogen) atoms. The highest BCUT2D eigenvalue weighted by molar-refractivity contribution is 5.75. The summed E-state index contributed by atoms with van der Waals surface area (Å²) >= 11 is 0. The number of nitrogens with zero attached hydrogens (tertiary/aromatic N) is 1. The fourth-order valence-electron chi connectivity index (χ4n) is 2.74. The zero-order chi connectivity index (χ0) is 21.1. The molecule has 0 aliphatic heterocycles. The summed E-state index contributed by atoms with van der Waals surface area (Å²) in [5, 5.41) is 11.8. The molecular formula is C22H26N2O5. The maximum atomic E-state index is 12.0. The van der Waals surface area contributed by atoms with Crippen LogP contribution in [-0.4, -0.2) is 40.4 Å². The van der Waals surface area contributed by atoms with Gasteiger partial charge >= 0.3 is 0 Å². The van der Waals surface area contributed by atoms with E-state index in [0.717, 1.165) is 5.56 Å². The van der Waals surface area contributed by atoms with Gasteiger partial charge in [-0.3, -0.25) is 4.79 Å². The van der Waals surface area contributed by atoms with E-state index >= 15 is 0 Å². The van der Waals surface area contributed by atoms with Crippen molar-refractivity contribution in [3.63, 3.8) is 0 Å². The van der Waals surface area contributed by atoms with E-state index in [0.29, 0.717) is 61.0 Å². The van der Waals surface area contributed by atoms with Crippen molar-refractivity contribution in [1.29, 1.82) is 5.26 Å². The first kappa shape index (κ1) is 21.9. The lowest BCUT2D eigenvalue weighted by Crippen LogP contribution is -2.25. The van der Waals surface area contributed by atoms with Crippen molar-refractivity contribution in [2.24, 2.45) is 0 Å². The fourth-order valence-corrected chi connectivity index (χ4v) is 2.74. The fraction of sp³-hybridized carbons (Fsp3) is 0.364. The first-order valence-corrected chi connectivity index (χ1v) is 9.29. The molecule has 2 rings (SSSR count). The average Bonchev–Trinajstić information content (AvgIpc) is 2.76. The van der Waals surface area contributed by atoms with Gasteiger partial charge in [0.1, 0.15) is 0 Å². The van der Waals surface area contributed by atoms with E-state index in [9.17, 15) is 4.79 Å². The van der Waals surface area contributed by atoms with Crippen LogP contribution in [0.25, 0.3) is 0 Å². The number of hydrogen-bond donors (Lipinski definition) is 1. The second kappa shape index (κ2) is 11.4. The van der Waals surface area contributed by atoms with Crippen LogP contribution in [-0.2, 0) is 11.2 Å². The second-order valence-corrected chi connectivity index (χ2v) is 6.22. The topological polar surface area (TPSA) is 89.8 Å². The molecular weight excluding hydrogens is 372 g/mol. The van der Waals surface area contributed by atoms with Gasteiger partial charge in [0.25, 0.3) is 0 Å². The minimum absolute atomic E-state index is 0.0270. The molecule has 0 saturated heterocycles. The number of carbonyl (C=O) groups is 1. The zero-order valence-corrected chi connectivity index (χ0v) is 17.0.